The van der Waals surface area contributed by atoms with Gasteiger partial charge in [0.05, 0.1) is 17.2 Å². The molecular weight excluding hydrogens is 261 g/mol. The van der Waals surface area contributed by atoms with E-state index in [1.165, 1.54) is 6.07 Å². The molecule has 1 heterocycles. The minimum absolute atomic E-state index is 0.0165. The molecule has 0 atom stereocenters. The number of cyclic esters (lactones) is 1. The molecule has 1 saturated carbocycles. The first-order chi connectivity index (χ1) is 8.95. The van der Waals surface area contributed by atoms with Crippen LogP contribution in [0, 0.1) is 0 Å². The highest BCUT2D eigenvalue weighted by Crippen LogP contribution is 2.39. The smallest absolute Gasteiger partial charge is 0.417 e. The Hall–Kier alpha value is -1.72. The van der Waals surface area contributed by atoms with E-state index in [0.29, 0.717) is 0 Å². The Balaban J connectivity index is 2.02. The van der Waals surface area contributed by atoms with E-state index in [-0.39, 0.29) is 29.6 Å². The maximum atomic E-state index is 13.0. The molecule has 0 bridgehead atoms. The summed E-state index contributed by atoms with van der Waals surface area (Å²) < 4.78 is 49.0. The molecule has 0 radical (unpaired) electrons. The lowest BCUT2D eigenvalue weighted by molar-refractivity contribution is -0.138. The van der Waals surface area contributed by atoms with E-state index in [0.717, 1.165) is 25.3 Å². The van der Waals surface area contributed by atoms with Crippen LogP contribution in [0.3, 0.4) is 0 Å². The molecule has 0 N–H and O–H groups in total. The molecule has 1 aromatic carbocycles. The zero-order chi connectivity index (χ0) is 13.6. The zero-order valence-electron chi connectivity index (χ0n) is 9.92. The summed E-state index contributed by atoms with van der Waals surface area (Å²) in [4.78, 5) is 11.4. The lowest BCUT2D eigenvalue weighted by Crippen LogP contribution is -2.25. The first-order valence-corrected chi connectivity index (χ1v) is 6.03. The maximum absolute atomic E-state index is 13.0. The first-order valence-electron chi connectivity index (χ1n) is 6.03. The summed E-state index contributed by atoms with van der Waals surface area (Å²) >= 11 is 0. The van der Waals surface area contributed by atoms with Gasteiger partial charge in [0.15, 0.2) is 0 Å². The van der Waals surface area contributed by atoms with Gasteiger partial charge in [0.2, 0.25) is 0 Å². The van der Waals surface area contributed by atoms with E-state index in [1.54, 1.807) is 0 Å². The minimum Gasteiger partial charge on any atom is -0.490 e. The van der Waals surface area contributed by atoms with E-state index < -0.39 is 17.7 Å². The second kappa shape index (κ2) is 4.15. The standard InChI is InChI=1S/C13H11F3O3/c14-13(15,16)10-5-9(19-8-2-1-3-8)4-7-6-18-12(17)11(7)10/h4-5,8H,1-3,6H2. The van der Waals surface area contributed by atoms with Gasteiger partial charge in [-0.2, -0.15) is 13.2 Å². The topological polar surface area (TPSA) is 35.5 Å². The molecule has 3 nitrogen and oxygen atoms in total. The van der Waals surface area contributed by atoms with Gasteiger partial charge in [-0.15, -0.1) is 0 Å². The van der Waals surface area contributed by atoms with Crippen molar-refractivity contribution >= 4 is 5.97 Å². The van der Waals surface area contributed by atoms with Gasteiger partial charge < -0.3 is 9.47 Å². The van der Waals surface area contributed by atoms with Gasteiger partial charge in [0, 0.05) is 5.56 Å². The maximum Gasteiger partial charge on any atom is 0.417 e. The summed E-state index contributed by atoms with van der Waals surface area (Å²) in [7, 11) is 0. The number of halogens is 3. The molecule has 0 saturated heterocycles. The van der Waals surface area contributed by atoms with Gasteiger partial charge in [-0.3, -0.25) is 0 Å². The van der Waals surface area contributed by atoms with Crippen LogP contribution in [0.5, 0.6) is 5.75 Å². The summed E-state index contributed by atoms with van der Waals surface area (Å²) in [6, 6.07) is 2.36. The van der Waals surface area contributed by atoms with Crippen LogP contribution < -0.4 is 4.74 Å². The highest BCUT2D eigenvalue weighted by molar-refractivity contribution is 5.95. The minimum atomic E-state index is -4.59. The zero-order valence-corrected chi connectivity index (χ0v) is 9.92. The Morgan fingerprint density at radius 2 is 2.00 bits per heavy atom. The molecule has 0 aromatic heterocycles. The molecule has 3 rings (SSSR count). The Bertz CT molecular complexity index is 533. The molecule has 0 unspecified atom stereocenters. The van der Waals surface area contributed by atoms with Crippen molar-refractivity contribution in [3.63, 3.8) is 0 Å². The van der Waals surface area contributed by atoms with Crippen LogP contribution in [0.15, 0.2) is 12.1 Å². The Labute approximate surface area is 107 Å². The fraction of sp³-hybridized carbons (Fsp3) is 0.462. The number of benzene rings is 1. The Morgan fingerprint density at radius 3 is 2.58 bits per heavy atom. The van der Waals surface area contributed by atoms with Crippen LogP contribution >= 0.6 is 0 Å². The van der Waals surface area contributed by atoms with Gasteiger partial charge in [-0.05, 0) is 31.4 Å². The second-order valence-electron chi connectivity index (χ2n) is 4.75. The lowest BCUT2D eigenvalue weighted by atomic mass is 9.96. The van der Waals surface area contributed by atoms with Gasteiger partial charge in [0.1, 0.15) is 12.4 Å². The van der Waals surface area contributed by atoms with Crippen LogP contribution in [-0.2, 0) is 17.5 Å². The number of carbonyl (C=O) groups excluding carboxylic acids is 1. The van der Waals surface area contributed by atoms with Crippen LogP contribution in [-0.4, -0.2) is 12.1 Å². The van der Waals surface area contributed by atoms with Crippen LogP contribution in [0.25, 0.3) is 0 Å². The molecule has 0 spiro atoms. The van der Waals surface area contributed by atoms with Crippen molar-refractivity contribution in [2.24, 2.45) is 0 Å². The third kappa shape index (κ3) is 2.15. The van der Waals surface area contributed by atoms with Gasteiger partial charge in [-0.25, -0.2) is 4.79 Å². The van der Waals surface area contributed by atoms with Crippen molar-refractivity contribution in [3.05, 3.63) is 28.8 Å². The normalized spacial score (nSPS) is 18.8. The molecule has 102 valence electrons. The quantitative estimate of drug-likeness (QED) is 0.775. The number of esters is 1. The van der Waals surface area contributed by atoms with E-state index >= 15 is 0 Å². The van der Waals surface area contributed by atoms with Crippen molar-refractivity contribution < 1.29 is 27.4 Å². The number of hydrogen-bond acceptors (Lipinski definition) is 3. The summed E-state index contributed by atoms with van der Waals surface area (Å²) in [5, 5.41) is 0. The van der Waals surface area contributed by atoms with E-state index in [4.69, 9.17) is 4.74 Å². The van der Waals surface area contributed by atoms with Crippen molar-refractivity contribution in [1.29, 1.82) is 0 Å². The van der Waals surface area contributed by atoms with E-state index in [9.17, 15) is 18.0 Å². The van der Waals surface area contributed by atoms with Crippen molar-refractivity contribution in [2.75, 3.05) is 0 Å². The fourth-order valence-corrected chi connectivity index (χ4v) is 2.22. The number of rotatable bonds is 2. The average Bonchev–Trinajstić information content (AvgIpc) is 2.64. The highest BCUT2D eigenvalue weighted by Gasteiger charge is 2.40. The van der Waals surface area contributed by atoms with Gasteiger partial charge in [-0.1, -0.05) is 0 Å². The molecule has 1 fully saturated rings. The second-order valence-corrected chi connectivity index (χ2v) is 4.75. The predicted molar refractivity (Wildman–Crippen MR) is 58.8 cm³/mol. The van der Waals surface area contributed by atoms with Gasteiger partial charge >= 0.3 is 12.1 Å². The molecule has 2 aliphatic rings. The Morgan fingerprint density at radius 1 is 1.26 bits per heavy atom. The largest absolute Gasteiger partial charge is 0.490 e. The molecule has 6 heteroatoms. The number of ether oxygens (including phenoxy) is 2. The predicted octanol–water partition coefficient (Wildman–Crippen LogP) is 3.31. The monoisotopic (exact) mass is 272 g/mol. The number of carbonyl (C=O) groups is 1. The van der Waals surface area contributed by atoms with Crippen LogP contribution in [0.4, 0.5) is 13.2 Å². The van der Waals surface area contributed by atoms with Gasteiger partial charge in [0.25, 0.3) is 0 Å². The number of alkyl halides is 3. The third-order valence-electron chi connectivity index (χ3n) is 3.42. The lowest BCUT2D eigenvalue weighted by Gasteiger charge is -2.27. The summed E-state index contributed by atoms with van der Waals surface area (Å²) in [6.07, 6.45) is -1.87. The molecule has 19 heavy (non-hydrogen) atoms. The molecular formula is C13H11F3O3. The number of fused-ring (bicyclic) bond motifs is 1. The van der Waals surface area contributed by atoms with E-state index in [2.05, 4.69) is 4.74 Å². The van der Waals surface area contributed by atoms with Crippen molar-refractivity contribution in [3.8, 4) is 5.75 Å². The Kier molecular flexibility index (Phi) is 2.69. The van der Waals surface area contributed by atoms with E-state index in [1.807, 2.05) is 0 Å². The molecule has 1 aliphatic carbocycles. The van der Waals surface area contributed by atoms with Crippen molar-refractivity contribution in [1.82, 2.24) is 0 Å². The average molecular weight is 272 g/mol. The fourth-order valence-electron chi connectivity index (χ4n) is 2.22. The summed E-state index contributed by atoms with van der Waals surface area (Å²) in [5.41, 5.74) is -1.11. The summed E-state index contributed by atoms with van der Waals surface area (Å²) in [5.74, 6) is -0.758. The van der Waals surface area contributed by atoms with Crippen LogP contribution in [0.2, 0.25) is 0 Å². The third-order valence-corrected chi connectivity index (χ3v) is 3.42. The SMILES string of the molecule is O=C1OCc2cc(OC3CCC3)cc(C(F)(F)F)c21. The summed E-state index contributed by atoms with van der Waals surface area (Å²) in [6.45, 7) is -0.126. The molecule has 0 amide bonds. The van der Waals surface area contributed by atoms with Crippen molar-refractivity contribution in [2.45, 2.75) is 38.1 Å². The first kappa shape index (κ1) is 12.3. The number of hydrogen-bond donors (Lipinski definition) is 0. The van der Waals surface area contributed by atoms with Crippen LogP contribution in [0.1, 0.15) is 40.7 Å². The molecule has 1 aliphatic heterocycles. The molecule has 1 aromatic rings. The highest BCUT2D eigenvalue weighted by atomic mass is 19.4.